The summed E-state index contributed by atoms with van der Waals surface area (Å²) in [6, 6.07) is 7.70. The van der Waals surface area contributed by atoms with Gasteiger partial charge in [-0.05, 0) is 30.9 Å². The van der Waals surface area contributed by atoms with Gasteiger partial charge in [-0.25, -0.2) is 0 Å². The Kier molecular flexibility index (Phi) is 2.14. The average Bonchev–Trinajstić information content (AvgIpc) is 3.04. The molecular formula is C12H12ClN3. The van der Waals surface area contributed by atoms with Crippen LogP contribution in [0.2, 0.25) is 5.02 Å². The van der Waals surface area contributed by atoms with Crippen LogP contribution in [0.25, 0.3) is 11.3 Å². The van der Waals surface area contributed by atoms with Crippen molar-refractivity contribution >= 4 is 17.4 Å². The van der Waals surface area contributed by atoms with Crippen molar-refractivity contribution in [1.82, 2.24) is 10.2 Å². The number of nitrogens with two attached hydrogens (primary N) is 1. The van der Waals surface area contributed by atoms with Crippen molar-refractivity contribution in [2.75, 3.05) is 5.73 Å². The number of hydrogen-bond acceptors (Lipinski definition) is 2. The van der Waals surface area contributed by atoms with Crippen molar-refractivity contribution in [1.29, 1.82) is 0 Å². The normalized spacial score (nSPS) is 15.3. The molecule has 1 aromatic carbocycles. The molecule has 0 aliphatic heterocycles. The van der Waals surface area contributed by atoms with E-state index in [0.29, 0.717) is 11.7 Å². The van der Waals surface area contributed by atoms with Gasteiger partial charge in [0.2, 0.25) is 0 Å². The molecule has 0 bridgehead atoms. The number of hydrogen-bond donors (Lipinski definition) is 2. The fourth-order valence-electron chi connectivity index (χ4n) is 1.98. The Labute approximate surface area is 98.6 Å². The fraction of sp³-hybridized carbons (Fsp3) is 0.250. The van der Waals surface area contributed by atoms with E-state index in [1.807, 2.05) is 24.3 Å². The third kappa shape index (κ3) is 1.57. The highest BCUT2D eigenvalue weighted by Gasteiger charge is 2.30. The van der Waals surface area contributed by atoms with Gasteiger partial charge in [0.25, 0.3) is 0 Å². The molecule has 3 nitrogen and oxygen atoms in total. The van der Waals surface area contributed by atoms with Gasteiger partial charge in [0, 0.05) is 16.1 Å². The predicted molar refractivity (Wildman–Crippen MR) is 65.4 cm³/mol. The molecule has 4 heteroatoms. The molecule has 1 heterocycles. The van der Waals surface area contributed by atoms with E-state index in [4.69, 9.17) is 17.3 Å². The van der Waals surface area contributed by atoms with Crippen molar-refractivity contribution < 1.29 is 0 Å². The Morgan fingerprint density at radius 2 is 1.94 bits per heavy atom. The summed E-state index contributed by atoms with van der Waals surface area (Å²) < 4.78 is 0. The second-order valence-electron chi connectivity index (χ2n) is 4.18. The molecule has 2 aromatic rings. The molecule has 0 saturated heterocycles. The quantitative estimate of drug-likeness (QED) is 0.837. The van der Waals surface area contributed by atoms with E-state index in [2.05, 4.69) is 10.2 Å². The highest BCUT2D eigenvalue weighted by Crippen LogP contribution is 2.46. The highest BCUT2D eigenvalue weighted by atomic mass is 35.5. The van der Waals surface area contributed by atoms with E-state index in [9.17, 15) is 0 Å². The number of anilines is 1. The number of aromatic amines is 1. The molecule has 82 valence electrons. The second kappa shape index (κ2) is 3.52. The maximum absolute atomic E-state index is 5.91. The molecule has 0 spiro atoms. The summed E-state index contributed by atoms with van der Waals surface area (Å²) >= 11 is 5.87. The maximum Gasteiger partial charge on any atom is 0.122 e. The van der Waals surface area contributed by atoms with Gasteiger partial charge in [-0.3, -0.25) is 5.10 Å². The van der Waals surface area contributed by atoms with Crippen molar-refractivity contribution in [3.05, 3.63) is 34.9 Å². The van der Waals surface area contributed by atoms with Gasteiger partial charge in [-0.1, -0.05) is 23.7 Å². The third-order valence-corrected chi connectivity index (χ3v) is 3.19. The Hall–Kier alpha value is -1.48. The van der Waals surface area contributed by atoms with Crippen molar-refractivity contribution in [2.45, 2.75) is 18.8 Å². The lowest BCUT2D eigenvalue weighted by molar-refractivity contribution is 1.10. The molecule has 3 rings (SSSR count). The van der Waals surface area contributed by atoms with Gasteiger partial charge in [-0.15, -0.1) is 0 Å². The first kappa shape index (κ1) is 9.73. The average molecular weight is 234 g/mol. The summed E-state index contributed by atoms with van der Waals surface area (Å²) in [5, 5.41) is 7.89. The minimum Gasteiger partial charge on any atom is -0.384 e. The van der Waals surface area contributed by atoms with Crippen LogP contribution in [-0.2, 0) is 0 Å². The van der Waals surface area contributed by atoms with Gasteiger partial charge < -0.3 is 5.73 Å². The van der Waals surface area contributed by atoms with Gasteiger partial charge in [-0.2, -0.15) is 5.10 Å². The topological polar surface area (TPSA) is 54.7 Å². The minimum absolute atomic E-state index is 0.587. The molecule has 1 aliphatic carbocycles. The molecular weight excluding hydrogens is 222 g/mol. The molecule has 1 aromatic heterocycles. The van der Waals surface area contributed by atoms with Gasteiger partial charge in [0.15, 0.2) is 0 Å². The molecule has 16 heavy (non-hydrogen) atoms. The first-order valence-corrected chi connectivity index (χ1v) is 5.73. The van der Waals surface area contributed by atoms with E-state index < -0.39 is 0 Å². The first-order valence-electron chi connectivity index (χ1n) is 5.35. The van der Waals surface area contributed by atoms with Gasteiger partial charge in [0.1, 0.15) is 5.82 Å². The van der Waals surface area contributed by atoms with Crippen LogP contribution in [0.5, 0.6) is 0 Å². The lowest BCUT2D eigenvalue weighted by atomic mass is 10.0. The van der Waals surface area contributed by atoms with Crippen LogP contribution in [0.15, 0.2) is 24.3 Å². The summed E-state index contributed by atoms with van der Waals surface area (Å²) in [4.78, 5) is 0. The van der Waals surface area contributed by atoms with Crippen LogP contribution in [0.3, 0.4) is 0 Å². The van der Waals surface area contributed by atoms with Crippen LogP contribution >= 0.6 is 11.6 Å². The zero-order valence-electron chi connectivity index (χ0n) is 8.70. The number of nitrogen functional groups attached to an aromatic ring is 1. The number of aromatic nitrogens is 2. The van der Waals surface area contributed by atoms with Gasteiger partial charge >= 0.3 is 0 Å². The number of halogens is 1. The van der Waals surface area contributed by atoms with E-state index in [1.54, 1.807) is 0 Å². The van der Waals surface area contributed by atoms with Crippen LogP contribution < -0.4 is 5.73 Å². The lowest BCUT2D eigenvalue weighted by Crippen LogP contribution is -1.90. The first-order chi connectivity index (χ1) is 7.75. The van der Waals surface area contributed by atoms with Crippen molar-refractivity contribution in [2.24, 2.45) is 0 Å². The number of H-pyrrole nitrogens is 1. The zero-order valence-corrected chi connectivity index (χ0v) is 9.46. The van der Waals surface area contributed by atoms with Crippen LogP contribution in [0.1, 0.15) is 24.3 Å². The maximum atomic E-state index is 5.91. The predicted octanol–water partition coefficient (Wildman–Crippen LogP) is 3.19. The monoisotopic (exact) mass is 233 g/mol. The smallest absolute Gasteiger partial charge is 0.122 e. The standard InChI is InChI=1S/C12H12ClN3/c13-9-5-3-8(4-6-9)11-10(7-1-2-7)12(14)16-15-11/h3-7H,1-2H2,(H3,14,15,16). The molecule has 0 atom stereocenters. The molecule has 0 radical (unpaired) electrons. The summed E-state index contributed by atoms with van der Waals surface area (Å²) in [5.41, 5.74) is 9.11. The SMILES string of the molecule is Nc1[nH]nc(-c2ccc(Cl)cc2)c1C1CC1. The number of nitrogens with zero attached hydrogens (tertiary/aromatic N) is 1. The van der Waals surface area contributed by atoms with E-state index in [-0.39, 0.29) is 0 Å². The van der Waals surface area contributed by atoms with Gasteiger partial charge in [0.05, 0.1) is 5.69 Å². The summed E-state index contributed by atoms with van der Waals surface area (Å²) in [6.07, 6.45) is 2.43. The number of rotatable bonds is 2. The summed E-state index contributed by atoms with van der Waals surface area (Å²) in [6.45, 7) is 0. The fourth-order valence-corrected chi connectivity index (χ4v) is 2.10. The Morgan fingerprint density at radius 1 is 1.25 bits per heavy atom. The van der Waals surface area contributed by atoms with E-state index in [0.717, 1.165) is 16.3 Å². The van der Waals surface area contributed by atoms with Crippen LogP contribution in [0, 0.1) is 0 Å². The van der Waals surface area contributed by atoms with Crippen molar-refractivity contribution in [3.8, 4) is 11.3 Å². The Balaban J connectivity index is 2.08. The number of benzene rings is 1. The third-order valence-electron chi connectivity index (χ3n) is 2.94. The Morgan fingerprint density at radius 3 is 2.56 bits per heavy atom. The molecule has 1 saturated carbocycles. The van der Waals surface area contributed by atoms with Crippen LogP contribution in [0.4, 0.5) is 5.82 Å². The van der Waals surface area contributed by atoms with E-state index in [1.165, 1.54) is 18.4 Å². The second-order valence-corrected chi connectivity index (χ2v) is 4.62. The minimum atomic E-state index is 0.587. The van der Waals surface area contributed by atoms with Crippen molar-refractivity contribution in [3.63, 3.8) is 0 Å². The molecule has 1 aliphatic rings. The summed E-state index contributed by atoms with van der Waals surface area (Å²) in [5.74, 6) is 1.29. The molecule has 0 amide bonds. The number of nitrogens with one attached hydrogen (secondary N) is 1. The molecule has 0 unspecified atom stereocenters. The van der Waals surface area contributed by atoms with Crippen LogP contribution in [-0.4, -0.2) is 10.2 Å². The largest absolute Gasteiger partial charge is 0.384 e. The lowest BCUT2D eigenvalue weighted by Gasteiger charge is -2.01. The zero-order chi connectivity index (χ0) is 11.1. The highest BCUT2D eigenvalue weighted by molar-refractivity contribution is 6.30. The molecule has 3 N–H and O–H groups in total. The summed E-state index contributed by atoms with van der Waals surface area (Å²) in [7, 11) is 0. The Bertz CT molecular complexity index is 512. The van der Waals surface area contributed by atoms with E-state index >= 15 is 0 Å². The molecule has 1 fully saturated rings.